The van der Waals surface area contributed by atoms with E-state index in [1.165, 1.54) is 23.1 Å². The fourth-order valence-corrected chi connectivity index (χ4v) is 2.75. The molecule has 0 aromatic heterocycles. The van der Waals surface area contributed by atoms with Crippen molar-refractivity contribution in [1.29, 1.82) is 0 Å². The Morgan fingerprint density at radius 3 is 2.48 bits per heavy atom. The standard InChI is InChI=1S/C18H16FNO3/c19-15-10-5-4-9-14(15)17(21)16-11-6-12-20(16)18(22)23-13-7-2-1-3-8-13/h1-5,7-10,16H,6,11-12H2. The van der Waals surface area contributed by atoms with Crippen LogP contribution in [0.2, 0.25) is 0 Å². The molecule has 1 aliphatic rings. The molecule has 0 radical (unpaired) electrons. The van der Waals surface area contributed by atoms with Crippen LogP contribution >= 0.6 is 0 Å². The Hall–Kier alpha value is -2.69. The van der Waals surface area contributed by atoms with Crippen molar-refractivity contribution in [2.24, 2.45) is 0 Å². The van der Waals surface area contributed by atoms with Gasteiger partial charge in [-0.25, -0.2) is 9.18 Å². The van der Waals surface area contributed by atoms with Gasteiger partial charge in [0.25, 0.3) is 0 Å². The summed E-state index contributed by atoms with van der Waals surface area (Å²) in [6.45, 7) is 0.427. The highest BCUT2D eigenvalue weighted by atomic mass is 19.1. The van der Waals surface area contributed by atoms with Crippen molar-refractivity contribution in [2.45, 2.75) is 18.9 Å². The molecule has 1 unspecified atom stereocenters. The zero-order valence-corrected chi connectivity index (χ0v) is 12.4. The number of benzene rings is 2. The van der Waals surface area contributed by atoms with Crippen LogP contribution in [0.15, 0.2) is 54.6 Å². The molecule has 4 nitrogen and oxygen atoms in total. The number of Topliss-reactive ketones (excluding diaryl/α,β-unsaturated/α-hetero) is 1. The first kappa shape index (κ1) is 15.2. The molecule has 0 saturated carbocycles. The Morgan fingerprint density at radius 2 is 1.74 bits per heavy atom. The highest BCUT2D eigenvalue weighted by Crippen LogP contribution is 2.24. The van der Waals surface area contributed by atoms with E-state index in [0.29, 0.717) is 25.1 Å². The van der Waals surface area contributed by atoms with Crippen molar-refractivity contribution < 1.29 is 18.7 Å². The van der Waals surface area contributed by atoms with E-state index < -0.39 is 18.0 Å². The number of halogens is 1. The van der Waals surface area contributed by atoms with Crippen molar-refractivity contribution in [2.75, 3.05) is 6.54 Å². The molecule has 0 spiro atoms. The van der Waals surface area contributed by atoms with Crippen LogP contribution < -0.4 is 4.74 Å². The molecule has 1 atom stereocenters. The smallest absolute Gasteiger partial charge is 0.410 e. The molecule has 0 aliphatic carbocycles. The van der Waals surface area contributed by atoms with Gasteiger partial charge in [0, 0.05) is 6.54 Å². The number of ketones is 1. The quantitative estimate of drug-likeness (QED) is 0.812. The number of para-hydroxylation sites is 1. The first-order valence-electron chi connectivity index (χ1n) is 7.49. The number of likely N-dealkylation sites (tertiary alicyclic amines) is 1. The Balaban J connectivity index is 1.76. The molecular formula is C18H16FNO3. The van der Waals surface area contributed by atoms with Crippen molar-refractivity contribution >= 4 is 11.9 Å². The summed E-state index contributed by atoms with van der Waals surface area (Å²) in [6, 6.07) is 13.8. The molecular weight excluding hydrogens is 297 g/mol. The molecule has 2 aromatic rings. The van der Waals surface area contributed by atoms with Crippen LogP contribution in [-0.4, -0.2) is 29.4 Å². The average molecular weight is 313 g/mol. The lowest BCUT2D eigenvalue weighted by Crippen LogP contribution is -2.42. The predicted octanol–water partition coefficient (Wildman–Crippen LogP) is 3.67. The molecule has 0 N–H and O–H groups in total. The highest BCUT2D eigenvalue weighted by molar-refractivity contribution is 6.02. The van der Waals surface area contributed by atoms with Gasteiger partial charge < -0.3 is 4.74 Å². The number of nitrogens with zero attached hydrogens (tertiary/aromatic N) is 1. The molecule has 1 saturated heterocycles. The van der Waals surface area contributed by atoms with Crippen molar-refractivity contribution in [3.63, 3.8) is 0 Å². The summed E-state index contributed by atoms with van der Waals surface area (Å²) in [7, 11) is 0. The zero-order valence-electron chi connectivity index (χ0n) is 12.4. The van der Waals surface area contributed by atoms with E-state index in [1.54, 1.807) is 30.3 Å². The molecule has 1 fully saturated rings. The van der Waals surface area contributed by atoms with Crippen LogP contribution in [0.4, 0.5) is 9.18 Å². The molecule has 2 aromatic carbocycles. The van der Waals surface area contributed by atoms with E-state index in [1.807, 2.05) is 6.07 Å². The number of hydrogen-bond donors (Lipinski definition) is 0. The van der Waals surface area contributed by atoms with Gasteiger partial charge in [-0.2, -0.15) is 0 Å². The van der Waals surface area contributed by atoms with E-state index in [4.69, 9.17) is 4.74 Å². The maximum absolute atomic E-state index is 13.8. The van der Waals surface area contributed by atoms with Crippen LogP contribution in [-0.2, 0) is 0 Å². The van der Waals surface area contributed by atoms with Crippen LogP contribution in [0.5, 0.6) is 5.75 Å². The minimum absolute atomic E-state index is 0.0110. The third-order valence-electron chi connectivity index (χ3n) is 3.88. The number of amides is 1. The Bertz CT molecular complexity index is 717. The highest BCUT2D eigenvalue weighted by Gasteiger charge is 2.36. The summed E-state index contributed by atoms with van der Waals surface area (Å²) in [5, 5.41) is 0. The Kier molecular flexibility index (Phi) is 4.37. The summed E-state index contributed by atoms with van der Waals surface area (Å²) >= 11 is 0. The fourth-order valence-electron chi connectivity index (χ4n) is 2.75. The molecule has 1 amide bonds. The van der Waals surface area contributed by atoms with Crippen LogP contribution in [0.3, 0.4) is 0 Å². The Morgan fingerprint density at radius 1 is 1.04 bits per heavy atom. The van der Waals surface area contributed by atoms with E-state index in [9.17, 15) is 14.0 Å². The van der Waals surface area contributed by atoms with Crippen LogP contribution in [0.1, 0.15) is 23.2 Å². The molecule has 3 rings (SSSR count). The number of hydrogen-bond acceptors (Lipinski definition) is 3. The summed E-state index contributed by atoms with van der Waals surface area (Å²) in [5.41, 5.74) is 0.0110. The second kappa shape index (κ2) is 6.60. The van der Waals surface area contributed by atoms with Gasteiger partial charge in [0.1, 0.15) is 11.6 Å². The molecule has 5 heteroatoms. The van der Waals surface area contributed by atoms with Gasteiger partial charge in [-0.3, -0.25) is 9.69 Å². The molecule has 118 valence electrons. The Labute approximate surface area is 133 Å². The summed E-state index contributed by atoms with van der Waals surface area (Å²) < 4.78 is 19.1. The van der Waals surface area contributed by atoms with Gasteiger partial charge in [-0.15, -0.1) is 0 Å². The maximum atomic E-state index is 13.8. The van der Waals surface area contributed by atoms with Crippen LogP contribution in [0, 0.1) is 5.82 Å². The summed E-state index contributed by atoms with van der Waals surface area (Å²) in [5.74, 6) is -0.534. The minimum atomic E-state index is -0.678. The molecule has 23 heavy (non-hydrogen) atoms. The summed E-state index contributed by atoms with van der Waals surface area (Å²) in [4.78, 5) is 26.2. The lowest BCUT2D eigenvalue weighted by Gasteiger charge is -2.23. The van der Waals surface area contributed by atoms with Gasteiger partial charge in [0.15, 0.2) is 5.78 Å². The van der Waals surface area contributed by atoms with Crippen molar-refractivity contribution in [1.82, 2.24) is 4.90 Å². The predicted molar refractivity (Wildman–Crippen MR) is 82.9 cm³/mol. The lowest BCUT2D eigenvalue weighted by molar-refractivity contribution is 0.0850. The van der Waals surface area contributed by atoms with Gasteiger partial charge in [0.05, 0.1) is 11.6 Å². The number of rotatable bonds is 3. The molecule has 1 heterocycles. The second-order valence-corrected chi connectivity index (χ2v) is 5.38. The lowest BCUT2D eigenvalue weighted by atomic mass is 10.0. The topological polar surface area (TPSA) is 46.6 Å². The van der Waals surface area contributed by atoms with Crippen LogP contribution in [0.25, 0.3) is 0 Å². The first-order valence-corrected chi connectivity index (χ1v) is 7.49. The third kappa shape index (κ3) is 3.23. The van der Waals surface area contributed by atoms with Gasteiger partial charge in [-0.05, 0) is 37.1 Å². The van der Waals surface area contributed by atoms with Gasteiger partial charge in [0.2, 0.25) is 0 Å². The second-order valence-electron chi connectivity index (χ2n) is 5.38. The van der Waals surface area contributed by atoms with E-state index in [0.717, 1.165) is 0 Å². The summed E-state index contributed by atoms with van der Waals surface area (Å²) in [6.07, 6.45) is 0.620. The van der Waals surface area contributed by atoms with Gasteiger partial charge >= 0.3 is 6.09 Å². The minimum Gasteiger partial charge on any atom is -0.410 e. The van der Waals surface area contributed by atoms with Gasteiger partial charge in [-0.1, -0.05) is 30.3 Å². The van der Waals surface area contributed by atoms with E-state index in [-0.39, 0.29) is 11.3 Å². The van der Waals surface area contributed by atoms with Crippen molar-refractivity contribution in [3.8, 4) is 5.75 Å². The average Bonchev–Trinajstić information content (AvgIpc) is 3.05. The normalized spacial score (nSPS) is 17.1. The zero-order chi connectivity index (χ0) is 16.2. The largest absolute Gasteiger partial charge is 0.415 e. The molecule has 1 aliphatic heterocycles. The number of carbonyl (C=O) groups excluding carboxylic acids is 2. The fraction of sp³-hybridized carbons (Fsp3) is 0.222. The number of ether oxygens (including phenoxy) is 1. The monoisotopic (exact) mass is 313 g/mol. The SMILES string of the molecule is O=C(c1ccccc1F)C1CCCN1C(=O)Oc1ccccc1. The van der Waals surface area contributed by atoms with E-state index >= 15 is 0 Å². The number of carbonyl (C=O) groups is 2. The first-order chi connectivity index (χ1) is 11.2. The maximum Gasteiger partial charge on any atom is 0.415 e. The van der Waals surface area contributed by atoms with Crippen molar-refractivity contribution in [3.05, 3.63) is 66.0 Å². The van der Waals surface area contributed by atoms with E-state index in [2.05, 4.69) is 0 Å². The molecule has 0 bridgehead atoms. The third-order valence-corrected chi connectivity index (χ3v) is 3.88.